The maximum absolute atomic E-state index is 11.5. The minimum atomic E-state index is -0.229. The highest BCUT2D eigenvalue weighted by Gasteiger charge is 2.60. The molecular formula is C25H43NO2. The van der Waals surface area contributed by atoms with Crippen LogP contribution in [0.1, 0.15) is 98.3 Å². The van der Waals surface area contributed by atoms with Gasteiger partial charge in [0.05, 0.1) is 0 Å². The van der Waals surface area contributed by atoms with Gasteiger partial charge in [0.25, 0.3) is 0 Å². The van der Waals surface area contributed by atoms with E-state index < -0.39 is 0 Å². The highest BCUT2D eigenvalue weighted by molar-refractivity contribution is 5.74. The fourth-order valence-corrected chi connectivity index (χ4v) is 9.06. The molecule has 0 aromatic carbocycles. The Labute approximate surface area is 172 Å². The van der Waals surface area contributed by atoms with Crippen LogP contribution in [0.15, 0.2) is 0 Å². The Balaban J connectivity index is 1.48. The van der Waals surface area contributed by atoms with Gasteiger partial charge in [0.1, 0.15) is 0 Å². The van der Waals surface area contributed by atoms with E-state index in [0.29, 0.717) is 23.2 Å². The van der Waals surface area contributed by atoms with E-state index in [9.17, 15) is 4.79 Å². The molecule has 4 aliphatic carbocycles. The average Bonchev–Trinajstić information content (AvgIpc) is 3.03. The van der Waals surface area contributed by atoms with E-state index in [-0.39, 0.29) is 5.91 Å². The molecule has 0 aromatic heterocycles. The maximum Gasteiger partial charge on any atom is 0.243 e. The van der Waals surface area contributed by atoms with Gasteiger partial charge in [0.15, 0.2) is 0 Å². The lowest BCUT2D eigenvalue weighted by molar-refractivity contribution is -0.130. The summed E-state index contributed by atoms with van der Waals surface area (Å²) >= 11 is 0. The summed E-state index contributed by atoms with van der Waals surface area (Å²) < 4.78 is 0. The van der Waals surface area contributed by atoms with Gasteiger partial charge < -0.3 is 0 Å². The van der Waals surface area contributed by atoms with E-state index in [1.165, 1.54) is 57.8 Å². The van der Waals surface area contributed by atoms with Crippen LogP contribution < -0.4 is 5.48 Å². The molecule has 9 atom stereocenters. The Hall–Kier alpha value is -0.570. The van der Waals surface area contributed by atoms with Gasteiger partial charge in [-0.25, -0.2) is 5.48 Å². The van der Waals surface area contributed by atoms with Crippen molar-refractivity contribution in [2.75, 3.05) is 0 Å². The van der Waals surface area contributed by atoms with Gasteiger partial charge in [-0.05, 0) is 110 Å². The second-order valence-corrected chi connectivity index (χ2v) is 11.8. The van der Waals surface area contributed by atoms with E-state index in [1.807, 2.05) is 5.48 Å². The molecule has 1 amide bonds. The van der Waals surface area contributed by atoms with Crippen LogP contribution in [-0.2, 0) is 4.79 Å². The summed E-state index contributed by atoms with van der Waals surface area (Å²) in [5.74, 6) is 5.84. The van der Waals surface area contributed by atoms with Crippen LogP contribution in [0, 0.1) is 52.3 Å². The van der Waals surface area contributed by atoms with Crippen molar-refractivity contribution in [1.29, 1.82) is 0 Å². The predicted molar refractivity (Wildman–Crippen MR) is 113 cm³/mol. The predicted octanol–water partition coefficient (Wildman–Crippen LogP) is 6.20. The van der Waals surface area contributed by atoms with Crippen molar-refractivity contribution in [2.45, 2.75) is 98.3 Å². The van der Waals surface area contributed by atoms with Crippen molar-refractivity contribution in [3.63, 3.8) is 0 Å². The zero-order chi connectivity index (χ0) is 20.1. The summed E-state index contributed by atoms with van der Waals surface area (Å²) in [4.78, 5) is 11.5. The highest BCUT2D eigenvalue weighted by atomic mass is 16.5. The normalized spacial score (nSPS) is 48.9. The molecule has 4 aliphatic rings. The summed E-state index contributed by atoms with van der Waals surface area (Å²) in [6.07, 6.45) is 14.3. The first-order chi connectivity index (χ1) is 13.3. The third-order valence-corrected chi connectivity index (χ3v) is 10.6. The number of hydrogen-bond donors (Lipinski definition) is 2. The monoisotopic (exact) mass is 389 g/mol. The first-order valence-corrected chi connectivity index (χ1v) is 12.2. The van der Waals surface area contributed by atoms with Gasteiger partial charge >= 0.3 is 0 Å². The quantitative estimate of drug-likeness (QED) is 0.444. The van der Waals surface area contributed by atoms with Crippen LogP contribution in [0.5, 0.6) is 0 Å². The fraction of sp³-hybridized carbons (Fsp3) is 0.960. The summed E-state index contributed by atoms with van der Waals surface area (Å²) in [6, 6.07) is 0. The van der Waals surface area contributed by atoms with Gasteiger partial charge in [-0.1, -0.05) is 34.1 Å². The van der Waals surface area contributed by atoms with E-state index >= 15 is 0 Å². The van der Waals surface area contributed by atoms with Gasteiger partial charge in [0.2, 0.25) is 5.91 Å². The van der Waals surface area contributed by atoms with Crippen molar-refractivity contribution >= 4 is 5.91 Å². The summed E-state index contributed by atoms with van der Waals surface area (Å²) in [5, 5.41) is 8.82. The zero-order valence-corrected chi connectivity index (χ0v) is 18.7. The topological polar surface area (TPSA) is 49.3 Å². The van der Waals surface area contributed by atoms with Gasteiger partial charge in [-0.2, -0.15) is 0 Å². The largest absolute Gasteiger partial charge is 0.289 e. The standard InChI is InChI=1S/C25H43NO2/c1-16-11-13-24(3)18(15-16)6-7-19-21-9-8-20(17(2)5-10-23(27)26-28)25(21,4)14-12-22(19)24/h16-22,28H,5-15H2,1-4H3,(H,26,27)/t16-,17-,18?,19+,20-,21+,22+,24+,25-/m1/s1. The molecule has 4 fully saturated rings. The van der Waals surface area contributed by atoms with Crippen LogP contribution in [0.4, 0.5) is 0 Å². The molecule has 0 aliphatic heterocycles. The third kappa shape index (κ3) is 3.24. The second-order valence-electron chi connectivity index (χ2n) is 11.8. The van der Waals surface area contributed by atoms with Gasteiger partial charge in [0, 0.05) is 6.42 Å². The van der Waals surface area contributed by atoms with Crippen LogP contribution in [0.3, 0.4) is 0 Å². The van der Waals surface area contributed by atoms with Crippen molar-refractivity contribution in [3.8, 4) is 0 Å². The Morgan fingerprint density at radius 2 is 1.75 bits per heavy atom. The van der Waals surface area contributed by atoms with Crippen LogP contribution >= 0.6 is 0 Å². The zero-order valence-electron chi connectivity index (χ0n) is 18.7. The molecule has 28 heavy (non-hydrogen) atoms. The number of carbonyl (C=O) groups is 1. The van der Waals surface area contributed by atoms with Crippen LogP contribution in [-0.4, -0.2) is 11.1 Å². The van der Waals surface area contributed by atoms with Crippen molar-refractivity contribution in [1.82, 2.24) is 5.48 Å². The van der Waals surface area contributed by atoms with Crippen molar-refractivity contribution < 1.29 is 10.0 Å². The van der Waals surface area contributed by atoms with Crippen LogP contribution in [0.25, 0.3) is 0 Å². The molecule has 0 bridgehead atoms. The minimum absolute atomic E-state index is 0.229. The number of hydrogen-bond acceptors (Lipinski definition) is 2. The molecule has 0 radical (unpaired) electrons. The van der Waals surface area contributed by atoms with E-state index in [2.05, 4.69) is 27.7 Å². The molecule has 0 spiro atoms. The van der Waals surface area contributed by atoms with E-state index in [4.69, 9.17) is 5.21 Å². The molecule has 160 valence electrons. The first kappa shape index (κ1) is 20.7. The Morgan fingerprint density at radius 1 is 1.04 bits per heavy atom. The third-order valence-electron chi connectivity index (χ3n) is 10.6. The minimum Gasteiger partial charge on any atom is -0.289 e. The molecule has 1 unspecified atom stereocenters. The molecular weight excluding hydrogens is 346 g/mol. The molecule has 4 saturated carbocycles. The molecule has 3 nitrogen and oxygen atoms in total. The number of carbonyl (C=O) groups excluding carboxylic acids is 1. The number of amides is 1. The first-order valence-electron chi connectivity index (χ1n) is 12.2. The Bertz CT molecular complexity index is 591. The Morgan fingerprint density at radius 3 is 2.50 bits per heavy atom. The molecule has 0 aromatic rings. The highest BCUT2D eigenvalue weighted by Crippen LogP contribution is 2.68. The lowest BCUT2D eigenvalue weighted by atomic mass is 9.44. The number of fused-ring (bicyclic) bond motifs is 5. The van der Waals surface area contributed by atoms with Crippen LogP contribution in [0.2, 0.25) is 0 Å². The number of rotatable bonds is 4. The Kier molecular flexibility index (Phi) is 5.61. The maximum atomic E-state index is 11.5. The van der Waals surface area contributed by atoms with Crippen molar-refractivity contribution in [3.05, 3.63) is 0 Å². The molecule has 2 N–H and O–H groups in total. The molecule has 3 heteroatoms. The lowest BCUT2D eigenvalue weighted by Crippen LogP contribution is -2.53. The second kappa shape index (κ2) is 7.60. The van der Waals surface area contributed by atoms with Gasteiger partial charge in [-0.3, -0.25) is 10.0 Å². The molecule has 4 rings (SSSR count). The number of hydroxylamine groups is 1. The van der Waals surface area contributed by atoms with E-state index in [0.717, 1.165) is 41.9 Å². The summed E-state index contributed by atoms with van der Waals surface area (Å²) in [7, 11) is 0. The van der Waals surface area contributed by atoms with E-state index in [1.54, 1.807) is 0 Å². The lowest BCUT2D eigenvalue weighted by Gasteiger charge is -2.61. The number of nitrogens with one attached hydrogen (secondary N) is 1. The average molecular weight is 390 g/mol. The molecule has 0 saturated heterocycles. The SMILES string of the molecule is C[C@@H]1CC[C@@]2(C)C(CC[C@H]3[C@@H]4CC[C@H]([C@H](C)CCC(=O)NO)[C@@]4(C)CC[C@@H]32)C1. The summed E-state index contributed by atoms with van der Waals surface area (Å²) in [5.41, 5.74) is 2.89. The summed E-state index contributed by atoms with van der Waals surface area (Å²) in [6.45, 7) is 10.1. The molecule has 0 heterocycles. The van der Waals surface area contributed by atoms with Crippen molar-refractivity contribution in [2.24, 2.45) is 52.3 Å². The smallest absolute Gasteiger partial charge is 0.243 e. The van der Waals surface area contributed by atoms with Gasteiger partial charge in [-0.15, -0.1) is 0 Å². The fourth-order valence-electron chi connectivity index (χ4n) is 9.06.